The molecule has 2 bridgehead atoms. The largest absolute Gasteiger partial charge is 0.496 e. The Balaban J connectivity index is 1.30. The van der Waals surface area contributed by atoms with Crippen LogP contribution in [-0.4, -0.2) is 70.8 Å². The van der Waals surface area contributed by atoms with Crippen LogP contribution in [0.5, 0.6) is 5.75 Å². The zero-order valence-electron chi connectivity index (χ0n) is 22.0. The lowest BCUT2D eigenvalue weighted by Gasteiger charge is -2.39. The number of carbonyl (C=O) groups excluding carboxylic acids is 3. The number of likely N-dealkylation sites (tertiary alicyclic amines) is 2. The van der Waals surface area contributed by atoms with Gasteiger partial charge in [0, 0.05) is 24.0 Å². The third-order valence-electron chi connectivity index (χ3n) is 7.53. The Kier molecular flexibility index (Phi) is 6.22. The maximum atomic E-state index is 13.8. The van der Waals surface area contributed by atoms with Crippen LogP contribution in [0.1, 0.15) is 53.6 Å². The Morgan fingerprint density at radius 1 is 1.03 bits per heavy atom. The highest BCUT2D eigenvalue weighted by atomic mass is 16.5. The van der Waals surface area contributed by atoms with Crippen molar-refractivity contribution < 1.29 is 19.1 Å². The van der Waals surface area contributed by atoms with E-state index in [1.165, 1.54) is 0 Å². The number of para-hydroxylation sites is 1. The molecule has 1 aromatic heterocycles. The van der Waals surface area contributed by atoms with Crippen LogP contribution in [0.15, 0.2) is 48.5 Å². The van der Waals surface area contributed by atoms with Gasteiger partial charge in [-0.3, -0.25) is 14.4 Å². The van der Waals surface area contributed by atoms with E-state index in [0.29, 0.717) is 30.1 Å². The van der Waals surface area contributed by atoms with Crippen molar-refractivity contribution in [2.24, 2.45) is 5.41 Å². The molecule has 2 aliphatic heterocycles. The highest BCUT2D eigenvalue weighted by molar-refractivity contribution is 6.01. The highest BCUT2D eigenvalue weighted by Crippen LogP contribution is 2.35. The molecule has 3 aromatic rings. The molecule has 3 heterocycles. The molecule has 194 valence electrons. The lowest BCUT2D eigenvalue weighted by atomic mass is 9.85. The molecule has 2 aliphatic rings. The average molecular weight is 503 g/mol. The normalized spacial score (nSPS) is 19.8. The monoisotopic (exact) mass is 502 g/mol. The number of amides is 3. The van der Waals surface area contributed by atoms with E-state index in [0.717, 1.165) is 22.9 Å². The number of nitrogens with zero attached hydrogens (tertiary/aromatic N) is 2. The minimum Gasteiger partial charge on any atom is -0.496 e. The molecular formula is C29H34N4O4. The lowest BCUT2D eigenvalue weighted by Crippen LogP contribution is -2.59. The predicted octanol–water partition coefficient (Wildman–Crippen LogP) is 3.75. The fraction of sp³-hybridized carbons (Fsp3) is 0.414. The first-order chi connectivity index (χ1) is 17.6. The molecule has 2 aromatic carbocycles. The number of nitrogens with one attached hydrogen (secondary N) is 2. The minimum atomic E-state index is -0.702. The van der Waals surface area contributed by atoms with Gasteiger partial charge in [-0.15, -0.1) is 0 Å². The summed E-state index contributed by atoms with van der Waals surface area (Å²) in [6, 6.07) is 14.2. The van der Waals surface area contributed by atoms with Crippen LogP contribution in [0.2, 0.25) is 0 Å². The standard InChI is InChI=1S/C29H34N4O4/c1-17-10-11-21(24(12-17)37-5)27(35)32-15-20-14-19(32)16-33(20)28(36)25(29(2,3)4)31-26(34)23-13-18-8-6-7-9-22(18)30-23/h6-13,19-20,25,30H,14-16H2,1-5H3,(H,31,34)/t19-,20-,25+/m0/s1. The van der Waals surface area contributed by atoms with E-state index in [1.54, 1.807) is 19.2 Å². The van der Waals surface area contributed by atoms with Crippen molar-refractivity contribution >= 4 is 28.6 Å². The summed E-state index contributed by atoms with van der Waals surface area (Å²) in [4.78, 5) is 47.1. The van der Waals surface area contributed by atoms with Crippen molar-refractivity contribution in [3.8, 4) is 5.75 Å². The first-order valence-electron chi connectivity index (χ1n) is 12.7. The number of aromatic amines is 1. The smallest absolute Gasteiger partial charge is 0.268 e. The van der Waals surface area contributed by atoms with Crippen molar-refractivity contribution in [3.63, 3.8) is 0 Å². The first kappa shape index (κ1) is 24.9. The van der Waals surface area contributed by atoms with Crippen molar-refractivity contribution in [2.45, 2.75) is 52.2 Å². The number of methoxy groups -OCH3 is 1. The maximum absolute atomic E-state index is 13.8. The van der Waals surface area contributed by atoms with Gasteiger partial charge in [0.25, 0.3) is 11.8 Å². The average Bonchev–Trinajstić information content (AvgIpc) is 3.59. The van der Waals surface area contributed by atoms with E-state index in [9.17, 15) is 14.4 Å². The van der Waals surface area contributed by atoms with Gasteiger partial charge < -0.3 is 24.8 Å². The predicted molar refractivity (Wildman–Crippen MR) is 142 cm³/mol. The van der Waals surface area contributed by atoms with Crippen LogP contribution in [0.4, 0.5) is 0 Å². The molecule has 0 aliphatic carbocycles. The molecule has 0 unspecified atom stereocenters. The number of aromatic nitrogens is 1. The number of benzene rings is 2. The van der Waals surface area contributed by atoms with Crippen LogP contribution in [0, 0.1) is 12.3 Å². The van der Waals surface area contributed by atoms with Gasteiger partial charge >= 0.3 is 0 Å². The zero-order valence-corrected chi connectivity index (χ0v) is 22.0. The number of H-pyrrole nitrogens is 1. The molecular weight excluding hydrogens is 468 g/mol. The summed E-state index contributed by atoms with van der Waals surface area (Å²) >= 11 is 0. The Hall–Kier alpha value is -3.81. The van der Waals surface area contributed by atoms with Crippen LogP contribution in [0.25, 0.3) is 10.9 Å². The Morgan fingerprint density at radius 2 is 1.73 bits per heavy atom. The van der Waals surface area contributed by atoms with Gasteiger partial charge in [-0.2, -0.15) is 0 Å². The van der Waals surface area contributed by atoms with E-state index in [1.807, 2.05) is 73.9 Å². The number of ether oxygens (including phenoxy) is 1. The van der Waals surface area contributed by atoms with Crippen molar-refractivity contribution in [3.05, 3.63) is 65.4 Å². The summed E-state index contributed by atoms with van der Waals surface area (Å²) in [7, 11) is 1.57. The van der Waals surface area contributed by atoms with Gasteiger partial charge in [-0.25, -0.2) is 0 Å². The number of carbonyl (C=O) groups is 3. The molecule has 2 saturated heterocycles. The molecule has 37 heavy (non-hydrogen) atoms. The Morgan fingerprint density at radius 3 is 2.38 bits per heavy atom. The number of rotatable bonds is 5. The third-order valence-corrected chi connectivity index (χ3v) is 7.53. The first-order valence-corrected chi connectivity index (χ1v) is 12.7. The Labute approximate surface area is 217 Å². The van der Waals surface area contributed by atoms with Crippen molar-refractivity contribution in [1.82, 2.24) is 20.1 Å². The SMILES string of the molecule is COc1cc(C)ccc1C(=O)N1C[C@@H]2C[C@H]1CN2C(=O)[C@@H](NC(=O)c1cc2ccccc2[nH]1)C(C)(C)C. The summed E-state index contributed by atoms with van der Waals surface area (Å²) in [6.45, 7) is 8.75. The van der Waals surface area contributed by atoms with Gasteiger partial charge in [0.15, 0.2) is 0 Å². The molecule has 2 N–H and O–H groups in total. The number of hydrogen-bond acceptors (Lipinski definition) is 4. The molecule has 0 radical (unpaired) electrons. The molecule has 2 fully saturated rings. The molecule has 3 amide bonds. The highest BCUT2D eigenvalue weighted by Gasteiger charge is 2.50. The molecule has 0 saturated carbocycles. The maximum Gasteiger partial charge on any atom is 0.268 e. The fourth-order valence-corrected chi connectivity index (χ4v) is 5.53. The quantitative estimate of drug-likeness (QED) is 0.556. The van der Waals surface area contributed by atoms with Crippen LogP contribution in [0.3, 0.4) is 0 Å². The Bertz CT molecular complexity index is 1340. The number of fused-ring (bicyclic) bond motifs is 3. The van der Waals surface area contributed by atoms with Gasteiger partial charge in [-0.05, 0) is 48.6 Å². The molecule has 0 spiro atoms. The summed E-state index contributed by atoms with van der Waals surface area (Å²) in [5.74, 6) is 0.0747. The van der Waals surface area contributed by atoms with E-state index in [2.05, 4.69) is 10.3 Å². The van der Waals surface area contributed by atoms with Crippen molar-refractivity contribution in [1.29, 1.82) is 0 Å². The zero-order chi connectivity index (χ0) is 26.5. The van der Waals surface area contributed by atoms with Gasteiger partial charge in [0.2, 0.25) is 5.91 Å². The van der Waals surface area contributed by atoms with E-state index >= 15 is 0 Å². The van der Waals surface area contributed by atoms with E-state index in [4.69, 9.17) is 4.74 Å². The summed E-state index contributed by atoms with van der Waals surface area (Å²) in [5.41, 5.74) is 2.37. The van der Waals surface area contributed by atoms with Gasteiger partial charge in [-0.1, -0.05) is 45.0 Å². The second-order valence-electron chi connectivity index (χ2n) is 11.2. The van der Waals surface area contributed by atoms with Gasteiger partial charge in [0.1, 0.15) is 17.5 Å². The fourth-order valence-electron chi connectivity index (χ4n) is 5.53. The lowest BCUT2D eigenvalue weighted by molar-refractivity contribution is -0.138. The third kappa shape index (κ3) is 4.56. The summed E-state index contributed by atoms with van der Waals surface area (Å²) in [6.07, 6.45) is 0.735. The van der Waals surface area contributed by atoms with Crippen LogP contribution < -0.4 is 10.1 Å². The molecule has 5 rings (SSSR count). The second-order valence-corrected chi connectivity index (χ2v) is 11.2. The molecule has 8 nitrogen and oxygen atoms in total. The molecule has 3 atom stereocenters. The number of piperazine rings is 1. The number of aryl methyl sites for hydroxylation is 1. The number of hydrogen-bond donors (Lipinski definition) is 2. The minimum absolute atomic E-state index is 0.0579. The van der Waals surface area contributed by atoms with E-state index < -0.39 is 11.5 Å². The van der Waals surface area contributed by atoms with E-state index in [-0.39, 0.29) is 29.8 Å². The van der Waals surface area contributed by atoms with Crippen LogP contribution in [-0.2, 0) is 4.79 Å². The van der Waals surface area contributed by atoms with Crippen LogP contribution >= 0.6 is 0 Å². The summed E-state index contributed by atoms with van der Waals surface area (Å²) in [5, 5.41) is 3.93. The molecule has 8 heteroatoms. The summed E-state index contributed by atoms with van der Waals surface area (Å²) < 4.78 is 5.45. The topological polar surface area (TPSA) is 94.7 Å². The second kappa shape index (κ2) is 9.25. The van der Waals surface area contributed by atoms with Crippen molar-refractivity contribution in [2.75, 3.05) is 20.2 Å². The van der Waals surface area contributed by atoms with Gasteiger partial charge in [0.05, 0.1) is 24.8 Å².